The van der Waals surface area contributed by atoms with Gasteiger partial charge in [0.25, 0.3) is 0 Å². The molecule has 1 heteroatoms. The zero-order chi connectivity index (χ0) is 9.26. The number of fused-ring (bicyclic) bond motifs is 1. The molecule has 0 saturated heterocycles. The summed E-state index contributed by atoms with van der Waals surface area (Å²) in [6, 6.07) is 13.0. The molecule has 0 aromatic heterocycles. The highest BCUT2D eigenvalue weighted by molar-refractivity contribution is 6.55. The SMILES string of the molecule is CBc1cccc2cccc(C)c12. The number of benzene rings is 2. The maximum Gasteiger partial charge on any atom is 0.155 e. The van der Waals surface area contributed by atoms with Gasteiger partial charge in [-0.05, 0) is 23.3 Å². The zero-order valence-electron chi connectivity index (χ0n) is 8.17. The maximum absolute atomic E-state index is 2.22. The highest BCUT2D eigenvalue weighted by atomic mass is 14.0. The third kappa shape index (κ3) is 1.35. The first kappa shape index (κ1) is 8.37. The highest BCUT2D eigenvalue weighted by Gasteiger charge is 2.00. The summed E-state index contributed by atoms with van der Waals surface area (Å²) in [5.41, 5.74) is 2.84. The molecule has 13 heavy (non-hydrogen) atoms. The van der Waals surface area contributed by atoms with Crippen LogP contribution in [0.15, 0.2) is 36.4 Å². The molecule has 64 valence electrons. The van der Waals surface area contributed by atoms with Gasteiger partial charge in [-0.1, -0.05) is 48.7 Å². The summed E-state index contributed by atoms with van der Waals surface area (Å²) in [4.78, 5) is 0. The lowest BCUT2D eigenvalue weighted by Crippen LogP contribution is -2.11. The predicted molar refractivity (Wildman–Crippen MR) is 61.3 cm³/mol. The van der Waals surface area contributed by atoms with Crippen LogP contribution in [0.3, 0.4) is 0 Å². The van der Waals surface area contributed by atoms with Gasteiger partial charge in [-0.3, -0.25) is 0 Å². The molecule has 2 aromatic carbocycles. The lowest BCUT2D eigenvalue weighted by atomic mass is 9.70. The largest absolute Gasteiger partial charge is 0.155 e. The van der Waals surface area contributed by atoms with Gasteiger partial charge in [0.05, 0.1) is 0 Å². The molecule has 0 aliphatic rings. The predicted octanol–water partition coefficient (Wildman–Crippen LogP) is 2.26. The van der Waals surface area contributed by atoms with E-state index in [1.165, 1.54) is 21.8 Å². The average Bonchev–Trinajstić information content (AvgIpc) is 2.17. The fourth-order valence-electron chi connectivity index (χ4n) is 1.91. The van der Waals surface area contributed by atoms with Crippen molar-refractivity contribution < 1.29 is 0 Å². The van der Waals surface area contributed by atoms with Gasteiger partial charge in [0, 0.05) is 0 Å². The summed E-state index contributed by atoms with van der Waals surface area (Å²) in [5, 5.41) is 2.80. The summed E-state index contributed by atoms with van der Waals surface area (Å²) in [7, 11) is 1.11. The maximum atomic E-state index is 2.22. The van der Waals surface area contributed by atoms with Gasteiger partial charge >= 0.3 is 0 Å². The van der Waals surface area contributed by atoms with E-state index < -0.39 is 0 Å². The molecule has 0 radical (unpaired) electrons. The summed E-state index contributed by atoms with van der Waals surface area (Å²) in [6.45, 7) is 4.39. The Hall–Kier alpha value is -1.24. The molecule has 0 spiro atoms. The van der Waals surface area contributed by atoms with Crippen molar-refractivity contribution in [2.75, 3.05) is 0 Å². The Morgan fingerprint density at radius 1 is 1.00 bits per heavy atom. The van der Waals surface area contributed by atoms with Crippen molar-refractivity contribution in [1.82, 2.24) is 0 Å². The first-order chi connectivity index (χ1) is 6.33. The second-order valence-electron chi connectivity index (χ2n) is 3.44. The van der Waals surface area contributed by atoms with Crippen LogP contribution >= 0.6 is 0 Å². The normalized spacial score (nSPS) is 10.3. The van der Waals surface area contributed by atoms with Gasteiger partial charge in [-0.15, -0.1) is 0 Å². The molecule has 0 N–H and O–H groups in total. The van der Waals surface area contributed by atoms with Crippen LogP contribution in [-0.4, -0.2) is 7.28 Å². The van der Waals surface area contributed by atoms with Crippen LogP contribution < -0.4 is 5.46 Å². The third-order valence-electron chi connectivity index (χ3n) is 2.58. The van der Waals surface area contributed by atoms with E-state index in [1.807, 2.05) is 0 Å². The Balaban J connectivity index is 2.87. The van der Waals surface area contributed by atoms with E-state index in [2.05, 4.69) is 50.1 Å². The van der Waals surface area contributed by atoms with E-state index >= 15 is 0 Å². The van der Waals surface area contributed by atoms with E-state index in [0.29, 0.717) is 0 Å². The van der Waals surface area contributed by atoms with Gasteiger partial charge in [0.2, 0.25) is 0 Å². The molecule has 2 aromatic rings. The molecule has 0 nitrogen and oxygen atoms in total. The van der Waals surface area contributed by atoms with Crippen LogP contribution in [0.5, 0.6) is 0 Å². The highest BCUT2D eigenvalue weighted by Crippen LogP contribution is 2.15. The first-order valence-electron chi connectivity index (χ1n) is 4.80. The summed E-state index contributed by atoms with van der Waals surface area (Å²) >= 11 is 0. The Morgan fingerprint density at radius 2 is 1.69 bits per heavy atom. The van der Waals surface area contributed by atoms with Gasteiger partial charge in [0.15, 0.2) is 7.28 Å². The molecule has 0 bridgehead atoms. The van der Waals surface area contributed by atoms with Crippen LogP contribution in [0, 0.1) is 6.92 Å². The van der Waals surface area contributed by atoms with Gasteiger partial charge < -0.3 is 0 Å². The van der Waals surface area contributed by atoms with Crippen molar-refractivity contribution in [3.05, 3.63) is 42.0 Å². The average molecular weight is 168 g/mol. The minimum atomic E-state index is 1.11. The minimum Gasteiger partial charge on any atom is -0.0849 e. The monoisotopic (exact) mass is 168 g/mol. The van der Waals surface area contributed by atoms with E-state index in [9.17, 15) is 0 Å². The van der Waals surface area contributed by atoms with E-state index in [4.69, 9.17) is 0 Å². The summed E-state index contributed by atoms with van der Waals surface area (Å²) < 4.78 is 0. The van der Waals surface area contributed by atoms with Gasteiger partial charge in [0.1, 0.15) is 0 Å². The molecule has 0 amide bonds. The van der Waals surface area contributed by atoms with Crippen LogP contribution in [0.4, 0.5) is 0 Å². The number of hydrogen-bond donors (Lipinski definition) is 0. The molecule has 0 aliphatic carbocycles. The zero-order valence-corrected chi connectivity index (χ0v) is 8.17. The topological polar surface area (TPSA) is 0 Å². The van der Waals surface area contributed by atoms with Crippen molar-refractivity contribution in [3.8, 4) is 0 Å². The fraction of sp³-hybridized carbons (Fsp3) is 0.167. The summed E-state index contributed by atoms with van der Waals surface area (Å²) in [5.74, 6) is 0. The molecule has 0 atom stereocenters. The smallest absolute Gasteiger partial charge is 0.0849 e. The van der Waals surface area contributed by atoms with Crippen molar-refractivity contribution in [2.45, 2.75) is 13.7 Å². The molecule has 0 unspecified atom stereocenters. The Morgan fingerprint density at radius 3 is 2.38 bits per heavy atom. The molecule has 0 fully saturated rings. The second-order valence-corrected chi connectivity index (χ2v) is 3.44. The van der Waals surface area contributed by atoms with Crippen LogP contribution in [0.1, 0.15) is 5.56 Å². The van der Waals surface area contributed by atoms with Crippen LogP contribution in [-0.2, 0) is 0 Å². The van der Waals surface area contributed by atoms with Crippen molar-refractivity contribution >= 4 is 23.5 Å². The lowest BCUT2D eigenvalue weighted by Gasteiger charge is -2.06. The van der Waals surface area contributed by atoms with Crippen molar-refractivity contribution in [1.29, 1.82) is 0 Å². The quantitative estimate of drug-likeness (QED) is 0.573. The van der Waals surface area contributed by atoms with E-state index in [0.717, 1.165) is 7.28 Å². The van der Waals surface area contributed by atoms with Gasteiger partial charge in [-0.25, -0.2) is 0 Å². The molecular formula is C12H13B. The lowest BCUT2D eigenvalue weighted by molar-refractivity contribution is 1.54. The molecule has 2 rings (SSSR count). The Kier molecular flexibility index (Phi) is 2.09. The first-order valence-corrected chi connectivity index (χ1v) is 4.80. The van der Waals surface area contributed by atoms with Crippen LogP contribution in [0.2, 0.25) is 6.82 Å². The molecular weight excluding hydrogens is 155 g/mol. The molecule has 0 saturated carbocycles. The van der Waals surface area contributed by atoms with Crippen LogP contribution in [0.25, 0.3) is 10.8 Å². The van der Waals surface area contributed by atoms with Gasteiger partial charge in [-0.2, -0.15) is 0 Å². The Bertz CT molecular complexity index is 427. The Labute approximate surface area is 79.8 Å². The van der Waals surface area contributed by atoms with E-state index in [-0.39, 0.29) is 0 Å². The fourth-order valence-corrected chi connectivity index (χ4v) is 1.91. The number of rotatable bonds is 1. The molecule has 0 heterocycles. The number of aryl methyl sites for hydroxylation is 1. The standard InChI is InChI=1S/C12H13B/c1-9-5-3-6-10-7-4-8-11(13-2)12(9)10/h3-8,13H,1-2H3. The second kappa shape index (κ2) is 3.25. The third-order valence-corrected chi connectivity index (χ3v) is 2.58. The molecule has 0 aliphatic heterocycles. The summed E-state index contributed by atoms with van der Waals surface area (Å²) in [6.07, 6.45) is 0. The van der Waals surface area contributed by atoms with E-state index in [1.54, 1.807) is 0 Å². The van der Waals surface area contributed by atoms with Crippen molar-refractivity contribution in [3.63, 3.8) is 0 Å². The number of hydrogen-bond acceptors (Lipinski definition) is 0. The minimum absolute atomic E-state index is 1.11. The van der Waals surface area contributed by atoms with Crippen molar-refractivity contribution in [2.24, 2.45) is 0 Å².